The van der Waals surface area contributed by atoms with Crippen LogP contribution in [0.25, 0.3) is 0 Å². The number of pyridine rings is 1. The minimum absolute atomic E-state index is 0.0740. The Labute approximate surface area is 174 Å². The van der Waals surface area contributed by atoms with E-state index in [-0.39, 0.29) is 11.8 Å². The van der Waals surface area contributed by atoms with Crippen molar-refractivity contribution in [3.05, 3.63) is 22.9 Å². The first kappa shape index (κ1) is 21.5. The number of nitrogens with one attached hydrogen (secondary N) is 1. The molecular weight excluding hydrogens is 366 g/mol. The van der Waals surface area contributed by atoms with Crippen LogP contribution >= 0.6 is 0 Å². The fourth-order valence-electron chi connectivity index (χ4n) is 4.60. The molecule has 0 bridgehead atoms. The van der Waals surface area contributed by atoms with E-state index in [1.807, 2.05) is 19.9 Å². The highest BCUT2D eigenvalue weighted by Crippen LogP contribution is 2.28. The summed E-state index contributed by atoms with van der Waals surface area (Å²) in [5.74, 6) is 1.06. The van der Waals surface area contributed by atoms with Gasteiger partial charge in [-0.25, -0.2) is 4.98 Å². The monoisotopic (exact) mass is 399 g/mol. The molecule has 29 heavy (non-hydrogen) atoms. The molecule has 1 aromatic heterocycles. The van der Waals surface area contributed by atoms with Crippen LogP contribution in [0.2, 0.25) is 0 Å². The number of amides is 1. The second kappa shape index (κ2) is 10.0. The van der Waals surface area contributed by atoms with Gasteiger partial charge < -0.3 is 15.0 Å². The highest BCUT2D eigenvalue weighted by molar-refractivity contribution is 5.78. The molecule has 0 radical (unpaired) electrons. The first-order valence-corrected chi connectivity index (χ1v) is 10.7. The molecule has 158 valence electrons. The minimum atomic E-state index is 0.0740. The van der Waals surface area contributed by atoms with Gasteiger partial charge in [-0.2, -0.15) is 5.26 Å². The van der Waals surface area contributed by atoms with Gasteiger partial charge in [0.2, 0.25) is 5.91 Å². The molecule has 2 fully saturated rings. The van der Waals surface area contributed by atoms with Crippen molar-refractivity contribution >= 4 is 11.7 Å². The second-order valence-electron chi connectivity index (χ2n) is 8.23. The van der Waals surface area contributed by atoms with Crippen molar-refractivity contribution in [3.8, 4) is 6.07 Å². The summed E-state index contributed by atoms with van der Waals surface area (Å²) in [6, 6.07) is 4.80. The Morgan fingerprint density at radius 1 is 1.31 bits per heavy atom. The molecule has 3 heterocycles. The number of aromatic nitrogens is 1. The molecule has 2 saturated heterocycles. The molecule has 1 unspecified atom stereocenters. The highest BCUT2D eigenvalue weighted by atomic mass is 16.5. The summed E-state index contributed by atoms with van der Waals surface area (Å²) in [5.41, 5.74) is 2.65. The van der Waals surface area contributed by atoms with Crippen molar-refractivity contribution in [2.24, 2.45) is 5.92 Å². The van der Waals surface area contributed by atoms with E-state index in [9.17, 15) is 10.1 Å². The summed E-state index contributed by atoms with van der Waals surface area (Å²) < 4.78 is 5.02. The molecule has 1 aromatic rings. The molecule has 0 aliphatic carbocycles. The third-order valence-corrected chi connectivity index (χ3v) is 6.15. The van der Waals surface area contributed by atoms with Crippen molar-refractivity contribution < 1.29 is 9.53 Å². The molecule has 1 amide bonds. The number of methoxy groups -OCH3 is 1. The number of rotatable bonds is 6. The van der Waals surface area contributed by atoms with E-state index in [1.165, 1.54) is 0 Å². The predicted octanol–water partition coefficient (Wildman–Crippen LogP) is 2.01. The van der Waals surface area contributed by atoms with Crippen molar-refractivity contribution in [3.63, 3.8) is 0 Å². The number of piperidine rings is 2. The number of aryl methyl sites for hydroxylation is 2. The molecule has 7 heteroatoms. The molecule has 0 spiro atoms. The third-order valence-electron chi connectivity index (χ3n) is 6.15. The highest BCUT2D eigenvalue weighted by Gasteiger charge is 2.32. The maximum absolute atomic E-state index is 12.4. The van der Waals surface area contributed by atoms with Gasteiger partial charge in [0.15, 0.2) is 0 Å². The molecular formula is C22H33N5O2. The van der Waals surface area contributed by atoms with E-state index >= 15 is 0 Å². The van der Waals surface area contributed by atoms with Gasteiger partial charge in [-0.1, -0.05) is 0 Å². The van der Waals surface area contributed by atoms with E-state index in [0.717, 1.165) is 68.9 Å². The summed E-state index contributed by atoms with van der Waals surface area (Å²) >= 11 is 0. The average Bonchev–Trinajstić information content (AvgIpc) is 2.73. The molecule has 1 N–H and O–H groups in total. The number of likely N-dealkylation sites (tertiary alicyclic amines) is 1. The predicted molar refractivity (Wildman–Crippen MR) is 113 cm³/mol. The first-order chi connectivity index (χ1) is 14.0. The van der Waals surface area contributed by atoms with Gasteiger partial charge in [0.05, 0.1) is 18.1 Å². The fourth-order valence-corrected chi connectivity index (χ4v) is 4.60. The lowest BCUT2D eigenvalue weighted by atomic mass is 9.93. The molecule has 2 aliphatic rings. The Morgan fingerprint density at radius 2 is 2.07 bits per heavy atom. The zero-order chi connectivity index (χ0) is 20.8. The van der Waals surface area contributed by atoms with Crippen LogP contribution in [0.3, 0.4) is 0 Å². The largest absolute Gasteiger partial charge is 0.383 e. The number of ether oxygens (including phenoxy) is 1. The summed E-state index contributed by atoms with van der Waals surface area (Å²) in [7, 11) is 1.65. The van der Waals surface area contributed by atoms with Crippen LogP contribution in [0.5, 0.6) is 0 Å². The van der Waals surface area contributed by atoms with Gasteiger partial charge in [-0.05, 0) is 57.7 Å². The Balaban J connectivity index is 1.57. The number of anilines is 1. The van der Waals surface area contributed by atoms with Crippen LogP contribution in [0.4, 0.5) is 5.82 Å². The molecule has 0 saturated carbocycles. The van der Waals surface area contributed by atoms with E-state index in [2.05, 4.69) is 26.2 Å². The van der Waals surface area contributed by atoms with Crippen LogP contribution < -0.4 is 10.2 Å². The van der Waals surface area contributed by atoms with Crippen molar-refractivity contribution in [1.82, 2.24) is 15.2 Å². The standard InChI is InChI=1S/C22H33N5O2/c1-16-13-17(2)25-21(20(16)14-23)26-10-6-19(7-11-26)27-9-4-5-18(15-27)22(28)24-8-12-29-3/h13,18-19H,4-12,15H2,1-3H3,(H,24,28). The Kier molecular flexibility index (Phi) is 7.45. The number of nitrogens with zero attached hydrogens (tertiary/aromatic N) is 4. The van der Waals surface area contributed by atoms with Crippen molar-refractivity contribution in [1.29, 1.82) is 5.26 Å². The molecule has 3 rings (SSSR count). The van der Waals surface area contributed by atoms with E-state index in [4.69, 9.17) is 4.74 Å². The van der Waals surface area contributed by atoms with Crippen LogP contribution in [-0.4, -0.2) is 68.3 Å². The second-order valence-corrected chi connectivity index (χ2v) is 8.23. The topological polar surface area (TPSA) is 81.5 Å². The Hall–Kier alpha value is -2.17. The van der Waals surface area contributed by atoms with Crippen LogP contribution in [0.1, 0.15) is 42.5 Å². The van der Waals surface area contributed by atoms with Gasteiger partial charge in [0.1, 0.15) is 11.9 Å². The van der Waals surface area contributed by atoms with Gasteiger partial charge in [-0.3, -0.25) is 9.69 Å². The lowest BCUT2D eigenvalue weighted by molar-refractivity contribution is -0.127. The number of carbonyl (C=O) groups excluding carboxylic acids is 1. The van der Waals surface area contributed by atoms with Crippen LogP contribution in [-0.2, 0) is 9.53 Å². The van der Waals surface area contributed by atoms with Crippen molar-refractivity contribution in [2.75, 3.05) is 51.3 Å². The van der Waals surface area contributed by atoms with E-state index in [0.29, 0.717) is 24.8 Å². The SMILES string of the molecule is COCCNC(=O)C1CCCN(C2CCN(c3nc(C)cc(C)c3C#N)CC2)C1. The first-order valence-electron chi connectivity index (χ1n) is 10.7. The lowest BCUT2D eigenvalue weighted by Gasteiger charge is -2.42. The third kappa shape index (κ3) is 5.26. The lowest BCUT2D eigenvalue weighted by Crippen LogP contribution is -2.51. The van der Waals surface area contributed by atoms with Gasteiger partial charge in [-0.15, -0.1) is 0 Å². The zero-order valence-electron chi connectivity index (χ0n) is 17.9. The Bertz CT molecular complexity index is 752. The Morgan fingerprint density at radius 3 is 2.76 bits per heavy atom. The number of nitriles is 1. The number of hydrogen-bond acceptors (Lipinski definition) is 6. The molecule has 7 nitrogen and oxygen atoms in total. The van der Waals surface area contributed by atoms with E-state index < -0.39 is 0 Å². The quantitative estimate of drug-likeness (QED) is 0.737. The number of hydrogen-bond donors (Lipinski definition) is 1. The molecule has 1 atom stereocenters. The summed E-state index contributed by atoms with van der Waals surface area (Å²) in [4.78, 5) is 21.9. The van der Waals surface area contributed by atoms with Gasteiger partial charge in [0, 0.05) is 45.0 Å². The smallest absolute Gasteiger partial charge is 0.224 e. The zero-order valence-corrected chi connectivity index (χ0v) is 17.9. The fraction of sp³-hybridized carbons (Fsp3) is 0.682. The van der Waals surface area contributed by atoms with E-state index in [1.54, 1.807) is 7.11 Å². The van der Waals surface area contributed by atoms with Crippen LogP contribution in [0.15, 0.2) is 6.07 Å². The molecule has 2 aliphatic heterocycles. The maximum Gasteiger partial charge on any atom is 0.224 e. The van der Waals surface area contributed by atoms with Gasteiger partial charge in [0.25, 0.3) is 0 Å². The number of carbonyl (C=O) groups is 1. The summed E-state index contributed by atoms with van der Waals surface area (Å²) in [6.07, 6.45) is 4.11. The summed E-state index contributed by atoms with van der Waals surface area (Å²) in [5, 5.41) is 12.6. The average molecular weight is 400 g/mol. The maximum atomic E-state index is 12.4. The normalized spacial score (nSPS) is 21.0. The van der Waals surface area contributed by atoms with Crippen LogP contribution in [0, 0.1) is 31.1 Å². The van der Waals surface area contributed by atoms with Crippen molar-refractivity contribution in [2.45, 2.75) is 45.6 Å². The minimum Gasteiger partial charge on any atom is -0.383 e. The molecule has 0 aromatic carbocycles. The van der Waals surface area contributed by atoms with Gasteiger partial charge >= 0.3 is 0 Å². The summed E-state index contributed by atoms with van der Waals surface area (Å²) in [6.45, 7) is 8.80.